The molecule has 3 aromatic rings. The minimum atomic E-state index is -0.486. The maximum absolute atomic E-state index is 12.9. The lowest BCUT2D eigenvalue weighted by atomic mass is 9.87. The largest absolute Gasteiger partial charge is 0.457 e. The van der Waals surface area contributed by atoms with Crippen LogP contribution >= 0.6 is 0 Å². The van der Waals surface area contributed by atoms with Crippen LogP contribution < -0.4 is 10.1 Å². The number of aryl methyl sites for hydroxylation is 1. The quantitative estimate of drug-likeness (QED) is 0.802. The number of rotatable bonds is 3. The Bertz CT molecular complexity index is 860. The molecule has 24 heavy (non-hydrogen) atoms. The molecule has 2 aromatic carbocycles. The van der Waals surface area contributed by atoms with Gasteiger partial charge in [-0.1, -0.05) is 41.5 Å². The molecule has 0 saturated heterocycles. The van der Waals surface area contributed by atoms with Crippen LogP contribution in [0.4, 0.5) is 5.95 Å². The van der Waals surface area contributed by atoms with E-state index in [2.05, 4.69) is 20.7 Å². The molecule has 0 fully saturated rings. The summed E-state index contributed by atoms with van der Waals surface area (Å²) in [6.07, 6.45) is 0. The van der Waals surface area contributed by atoms with Crippen LogP contribution in [0.3, 0.4) is 0 Å². The molecule has 0 unspecified atom stereocenters. The third-order valence-electron chi connectivity index (χ3n) is 3.91. The van der Waals surface area contributed by atoms with Crippen LogP contribution in [0.15, 0.2) is 48.5 Å². The summed E-state index contributed by atoms with van der Waals surface area (Å²) in [6.45, 7) is 2.49. The molecule has 2 heterocycles. The van der Waals surface area contributed by atoms with E-state index in [1.54, 1.807) is 0 Å². The average Bonchev–Trinajstić information content (AvgIpc) is 3.07. The number of hydrogen-bond acceptors (Lipinski definition) is 5. The molecule has 0 saturated carbocycles. The Morgan fingerprint density at radius 1 is 1.12 bits per heavy atom. The van der Waals surface area contributed by atoms with Gasteiger partial charge in [-0.15, -0.1) is 5.10 Å². The van der Waals surface area contributed by atoms with Gasteiger partial charge in [0.1, 0.15) is 11.5 Å². The number of amides is 1. The number of nitrogens with zero attached hydrogens (tertiary/aromatic N) is 4. The summed E-state index contributed by atoms with van der Waals surface area (Å²) in [4.78, 5) is 14.3. The van der Waals surface area contributed by atoms with Crippen molar-refractivity contribution in [2.24, 2.45) is 0 Å². The van der Waals surface area contributed by atoms with Crippen LogP contribution in [-0.2, 0) is 11.3 Å². The van der Waals surface area contributed by atoms with Crippen molar-refractivity contribution in [2.75, 3.05) is 5.32 Å². The standard InChI is InChI=1S/C17H15N5O2/c1-2-22-20-17(19-21-22)18-16(23)15-11-7-3-5-9-13(11)24-14-10-6-4-8-12(14)15/h3-10,15H,2H2,1H3,(H,18,20,23). The zero-order valence-corrected chi connectivity index (χ0v) is 13.0. The summed E-state index contributed by atoms with van der Waals surface area (Å²) >= 11 is 0. The monoisotopic (exact) mass is 321 g/mol. The fraction of sp³-hybridized carbons (Fsp3) is 0.176. The highest BCUT2D eigenvalue weighted by Crippen LogP contribution is 2.44. The number of carbonyl (C=O) groups excluding carboxylic acids is 1. The van der Waals surface area contributed by atoms with Gasteiger partial charge in [-0.05, 0) is 24.3 Å². The van der Waals surface area contributed by atoms with Crippen LogP contribution in [0.2, 0.25) is 0 Å². The Labute approximate surface area is 138 Å². The van der Waals surface area contributed by atoms with Crippen LogP contribution in [0.25, 0.3) is 0 Å². The fourth-order valence-corrected chi connectivity index (χ4v) is 2.80. The number of hydrogen-bond donors (Lipinski definition) is 1. The minimum Gasteiger partial charge on any atom is -0.457 e. The number of nitrogens with one attached hydrogen (secondary N) is 1. The normalized spacial score (nSPS) is 12.9. The number of benzene rings is 2. The van der Waals surface area contributed by atoms with E-state index in [4.69, 9.17) is 4.74 Å². The molecule has 4 rings (SSSR count). The zero-order chi connectivity index (χ0) is 16.5. The number of anilines is 1. The van der Waals surface area contributed by atoms with E-state index < -0.39 is 5.92 Å². The Hall–Kier alpha value is -3.22. The number of fused-ring (bicyclic) bond motifs is 2. The minimum absolute atomic E-state index is 0.198. The number of para-hydroxylation sites is 2. The summed E-state index contributed by atoms with van der Waals surface area (Å²) in [5.41, 5.74) is 1.63. The first-order chi connectivity index (χ1) is 11.8. The highest BCUT2D eigenvalue weighted by atomic mass is 16.5. The van der Waals surface area contributed by atoms with Crippen molar-refractivity contribution in [3.8, 4) is 11.5 Å². The molecule has 0 atom stereocenters. The number of tetrazole rings is 1. The van der Waals surface area contributed by atoms with Crippen molar-refractivity contribution >= 4 is 11.9 Å². The molecule has 0 bridgehead atoms. The second-order valence-corrected chi connectivity index (χ2v) is 5.40. The maximum Gasteiger partial charge on any atom is 0.270 e. The van der Waals surface area contributed by atoms with Crippen molar-refractivity contribution < 1.29 is 9.53 Å². The maximum atomic E-state index is 12.9. The highest BCUT2D eigenvalue weighted by molar-refractivity contribution is 5.98. The van der Waals surface area contributed by atoms with Crippen LogP contribution in [0.1, 0.15) is 24.0 Å². The number of ether oxygens (including phenoxy) is 1. The molecule has 7 heteroatoms. The van der Waals surface area contributed by atoms with E-state index in [1.807, 2.05) is 55.5 Å². The molecule has 7 nitrogen and oxygen atoms in total. The highest BCUT2D eigenvalue weighted by Gasteiger charge is 2.32. The van der Waals surface area contributed by atoms with Crippen molar-refractivity contribution in [1.29, 1.82) is 0 Å². The van der Waals surface area contributed by atoms with E-state index in [-0.39, 0.29) is 11.9 Å². The van der Waals surface area contributed by atoms with Crippen LogP contribution in [-0.4, -0.2) is 26.1 Å². The van der Waals surface area contributed by atoms with Gasteiger partial charge in [0.05, 0.1) is 12.5 Å². The molecule has 0 aliphatic carbocycles. The van der Waals surface area contributed by atoms with Gasteiger partial charge in [0.15, 0.2) is 0 Å². The average molecular weight is 321 g/mol. The van der Waals surface area contributed by atoms with E-state index in [1.165, 1.54) is 4.80 Å². The second-order valence-electron chi connectivity index (χ2n) is 5.40. The number of carbonyl (C=O) groups is 1. The van der Waals surface area contributed by atoms with E-state index >= 15 is 0 Å². The lowest BCUT2D eigenvalue weighted by Gasteiger charge is -2.26. The first kappa shape index (κ1) is 14.4. The SMILES string of the molecule is CCn1nnc(NC(=O)C2c3ccccc3Oc3ccccc32)n1. The van der Waals surface area contributed by atoms with Gasteiger partial charge in [-0.3, -0.25) is 10.1 Å². The van der Waals surface area contributed by atoms with Gasteiger partial charge in [-0.2, -0.15) is 4.80 Å². The topological polar surface area (TPSA) is 81.9 Å². The third-order valence-corrected chi connectivity index (χ3v) is 3.91. The van der Waals surface area contributed by atoms with E-state index in [0.29, 0.717) is 18.0 Å². The second kappa shape index (κ2) is 5.77. The van der Waals surface area contributed by atoms with E-state index in [9.17, 15) is 4.79 Å². The van der Waals surface area contributed by atoms with Crippen molar-refractivity contribution in [2.45, 2.75) is 19.4 Å². The van der Waals surface area contributed by atoms with Crippen molar-refractivity contribution in [1.82, 2.24) is 20.2 Å². The summed E-state index contributed by atoms with van der Waals surface area (Å²) < 4.78 is 5.90. The molecule has 1 aliphatic rings. The molecule has 120 valence electrons. The summed E-state index contributed by atoms with van der Waals surface area (Å²) in [7, 11) is 0. The predicted octanol–water partition coefficient (Wildman–Crippen LogP) is 2.57. The summed E-state index contributed by atoms with van der Waals surface area (Å²) in [6, 6.07) is 15.1. The molecule has 1 N–H and O–H groups in total. The summed E-state index contributed by atoms with van der Waals surface area (Å²) in [5.74, 6) is 0.861. The lowest BCUT2D eigenvalue weighted by molar-refractivity contribution is -0.116. The molecule has 0 spiro atoms. The smallest absolute Gasteiger partial charge is 0.270 e. The van der Waals surface area contributed by atoms with Crippen molar-refractivity contribution in [3.05, 3.63) is 59.7 Å². The molecule has 1 aromatic heterocycles. The number of aromatic nitrogens is 4. The van der Waals surface area contributed by atoms with Crippen LogP contribution in [0, 0.1) is 0 Å². The third kappa shape index (κ3) is 2.40. The Morgan fingerprint density at radius 2 is 1.75 bits per heavy atom. The Kier molecular flexibility index (Phi) is 3.45. The van der Waals surface area contributed by atoms with Gasteiger partial charge in [0.2, 0.25) is 5.91 Å². The fourth-order valence-electron chi connectivity index (χ4n) is 2.80. The van der Waals surface area contributed by atoms with Gasteiger partial charge < -0.3 is 4.74 Å². The first-order valence-corrected chi connectivity index (χ1v) is 7.70. The molecule has 1 aliphatic heterocycles. The summed E-state index contributed by atoms with van der Waals surface area (Å²) in [5, 5.41) is 14.6. The Balaban J connectivity index is 1.72. The lowest BCUT2D eigenvalue weighted by Crippen LogP contribution is -2.25. The zero-order valence-electron chi connectivity index (χ0n) is 13.0. The Morgan fingerprint density at radius 3 is 2.33 bits per heavy atom. The molecule has 1 amide bonds. The van der Waals surface area contributed by atoms with Gasteiger partial charge >= 0.3 is 0 Å². The van der Waals surface area contributed by atoms with E-state index in [0.717, 1.165) is 11.1 Å². The van der Waals surface area contributed by atoms with Gasteiger partial charge in [0, 0.05) is 11.1 Å². The van der Waals surface area contributed by atoms with Gasteiger partial charge in [0.25, 0.3) is 5.95 Å². The predicted molar refractivity (Wildman–Crippen MR) is 86.9 cm³/mol. The van der Waals surface area contributed by atoms with Crippen LogP contribution in [0.5, 0.6) is 11.5 Å². The van der Waals surface area contributed by atoms with Gasteiger partial charge in [-0.25, -0.2) is 0 Å². The molecular weight excluding hydrogens is 306 g/mol. The van der Waals surface area contributed by atoms with Crippen molar-refractivity contribution in [3.63, 3.8) is 0 Å². The molecular formula is C17H15N5O2. The molecule has 0 radical (unpaired) electrons. The first-order valence-electron chi connectivity index (χ1n) is 7.70.